The first-order chi connectivity index (χ1) is 8.32. The van der Waals surface area contributed by atoms with E-state index in [1.807, 2.05) is 25.7 Å². The second-order valence-corrected chi connectivity index (χ2v) is 6.87. The Morgan fingerprint density at radius 2 is 2.06 bits per heavy atom. The zero-order chi connectivity index (χ0) is 13.4. The average molecular weight is 254 g/mol. The second kappa shape index (κ2) is 4.72. The maximum atomic E-state index is 12.1. The van der Waals surface area contributed by atoms with Crippen LogP contribution in [0.25, 0.3) is 0 Å². The molecule has 0 aromatic carbocycles. The van der Waals surface area contributed by atoms with Gasteiger partial charge in [0, 0.05) is 24.5 Å². The van der Waals surface area contributed by atoms with Gasteiger partial charge in [-0.3, -0.25) is 0 Å². The van der Waals surface area contributed by atoms with Crippen LogP contribution in [0, 0.1) is 5.41 Å². The number of amides is 1. The minimum atomic E-state index is -0.415. The maximum Gasteiger partial charge on any atom is 0.410 e. The van der Waals surface area contributed by atoms with E-state index in [0.717, 1.165) is 32.4 Å². The summed E-state index contributed by atoms with van der Waals surface area (Å²) >= 11 is 0. The van der Waals surface area contributed by atoms with Gasteiger partial charge >= 0.3 is 6.09 Å². The first-order valence-electron chi connectivity index (χ1n) is 7.06. The highest BCUT2D eigenvalue weighted by Gasteiger charge is 2.46. The van der Waals surface area contributed by atoms with E-state index in [4.69, 9.17) is 10.5 Å². The Balaban J connectivity index is 1.97. The lowest BCUT2D eigenvalue weighted by Gasteiger charge is -2.39. The van der Waals surface area contributed by atoms with Crippen molar-refractivity contribution in [3.63, 3.8) is 0 Å². The monoisotopic (exact) mass is 254 g/mol. The predicted octanol–water partition coefficient (Wildman–Crippen LogP) is 2.51. The zero-order valence-corrected chi connectivity index (χ0v) is 11.9. The largest absolute Gasteiger partial charge is 0.444 e. The fraction of sp³-hybridized carbons (Fsp3) is 0.929. The van der Waals surface area contributed by atoms with E-state index in [2.05, 4.69) is 0 Å². The fourth-order valence-corrected chi connectivity index (χ4v) is 3.22. The highest BCUT2D eigenvalue weighted by molar-refractivity contribution is 5.68. The van der Waals surface area contributed by atoms with Crippen LogP contribution in [-0.4, -0.2) is 35.7 Å². The molecular formula is C14H26N2O2. The molecule has 0 bridgehead atoms. The lowest BCUT2D eigenvalue weighted by atomic mass is 9.70. The number of carbonyl (C=O) groups excluding carboxylic acids is 1. The van der Waals surface area contributed by atoms with Crippen LogP contribution in [0.5, 0.6) is 0 Å². The molecule has 0 aromatic rings. The van der Waals surface area contributed by atoms with Gasteiger partial charge in [-0.15, -0.1) is 0 Å². The summed E-state index contributed by atoms with van der Waals surface area (Å²) in [5.74, 6) is 0. The van der Waals surface area contributed by atoms with E-state index in [9.17, 15) is 4.79 Å². The number of hydrogen-bond donors (Lipinski definition) is 1. The van der Waals surface area contributed by atoms with Crippen molar-refractivity contribution in [3.05, 3.63) is 0 Å². The lowest BCUT2D eigenvalue weighted by molar-refractivity contribution is 0.0255. The minimum absolute atomic E-state index is 0.162. The fourth-order valence-electron chi connectivity index (χ4n) is 3.22. The molecule has 2 rings (SSSR count). The van der Waals surface area contributed by atoms with Gasteiger partial charge in [-0.2, -0.15) is 0 Å². The predicted molar refractivity (Wildman–Crippen MR) is 71.3 cm³/mol. The van der Waals surface area contributed by atoms with Crippen molar-refractivity contribution in [1.82, 2.24) is 4.90 Å². The molecular weight excluding hydrogens is 228 g/mol. The number of nitrogens with two attached hydrogens (primary N) is 1. The summed E-state index contributed by atoms with van der Waals surface area (Å²) in [6.45, 7) is 7.29. The molecule has 4 nitrogen and oxygen atoms in total. The normalized spacial score (nSPS) is 32.9. The molecule has 1 aliphatic carbocycles. The Morgan fingerprint density at radius 1 is 1.33 bits per heavy atom. The third-order valence-corrected chi connectivity index (χ3v) is 4.26. The highest BCUT2D eigenvalue weighted by Crippen LogP contribution is 2.43. The van der Waals surface area contributed by atoms with E-state index in [1.54, 1.807) is 0 Å². The number of rotatable bonds is 0. The van der Waals surface area contributed by atoms with Crippen LogP contribution in [0.2, 0.25) is 0 Å². The molecule has 2 fully saturated rings. The van der Waals surface area contributed by atoms with E-state index >= 15 is 0 Å². The van der Waals surface area contributed by atoms with Crippen molar-refractivity contribution in [2.75, 3.05) is 13.1 Å². The van der Waals surface area contributed by atoms with Crippen molar-refractivity contribution < 1.29 is 9.53 Å². The summed E-state index contributed by atoms with van der Waals surface area (Å²) in [7, 11) is 0. The number of carbonyl (C=O) groups is 1. The van der Waals surface area contributed by atoms with Crippen molar-refractivity contribution in [2.24, 2.45) is 11.1 Å². The van der Waals surface area contributed by atoms with Gasteiger partial charge < -0.3 is 15.4 Å². The molecule has 2 N–H and O–H groups in total. The smallest absolute Gasteiger partial charge is 0.410 e. The van der Waals surface area contributed by atoms with E-state index < -0.39 is 5.60 Å². The van der Waals surface area contributed by atoms with Crippen molar-refractivity contribution in [2.45, 2.75) is 64.5 Å². The van der Waals surface area contributed by atoms with Crippen LogP contribution in [-0.2, 0) is 4.74 Å². The molecule has 0 aromatic heterocycles. The average Bonchev–Trinajstić information content (AvgIpc) is 2.66. The second-order valence-electron chi connectivity index (χ2n) is 6.87. The number of nitrogens with zero attached hydrogens (tertiary/aromatic N) is 1. The van der Waals surface area contributed by atoms with Gasteiger partial charge in [-0.1, -0.05) is 12.8 Å². The van der Waals surface area contributed by atoms with Gasteiger partial charge in [0.05, 0.1) is 0 Å². The Morgan fingerprint density at radius 3 is 2.67 bits per heavy atom. The number of ether oxygens (including phenoxy) is 1. The first kappa shape index (κ1) is 13.7. The topological polar surface area (TPSA) is 55.6 Å². The summed E-state index contributed by atoms with van der Waals surface area (Å²) in [5.41, 5.74) is 6.03. The van der Waals surface area contributed by atoms with Gasteiger partial charge in [0.15, 0.2) is 0 Å². The summed E-state index contributed by atoms with van der Waals surface area (Å²) in [6.07, 6.45) is 5.59. The molecule has 1 saturated heterocycles. The number of likely N-dealkylation sites (tertiary alicyclic amines) is 1. The van der Waals surface area contributed by atoms with Crippen LogP contribution in [0.1, 0.15) is 52.9 Å². The Hall–Kier alpha value is -0.770. The van der Waals surface area contributed by atoms with Gasteiger partial charge in [0.1, 0.15) is 5.60 Å². The molecule has 1 saturated carbocycles. The molecule has 18 heavy (non-hydrogen) atoms. The summed E-state index contributed by atoms with van der Waals surface area (Å²) in [6, 6.07) is 0.249. The number of hydrogen-bond acceptors (Lipinski definition) is 3. The third kappa shape index (κ3) is 2.79. The summed E-state index contributed by atoms with van der Waals surface area (Å²) in [4.78, 5) is 13.9. The van der Waals surface area contributed by atoms with E-state index in [0.29, 0.717) is 0 Å². The molecule has 0 radical (unpaired) electrons. The molecule has 1 aliphatic heterocycles. The zero-order valence-electron chi connectivity index (χ0n) is 11.9. The van der Waals surface area contributed by atoms with Crippen LogP contribution < -0.4 is 5.73 Å². The SMILES string of the molecule is CC(C)(C)OC(=O)N1CCC2(CCCCC2N)C1. The molecule has 1 heterocycles. The Labute approximate surface area is 110 Å². The maximum absolute atomic E-state index is 12.1. The van der Waals surface area contributed by atoms with Crippen molar-refractivity contribution in [3.8, 4) is 0 Å². The molecule has 104 valence electrons. The molecule has 2 atom stereocenters. The molecule has 2 unspecified atom stereocenters. The van der Waals surface area contributed by atoms with Crippen LogP contribution in [0.15, 0.2) is 0 Å². The van der Waals surface area contributed by atoms with E-state index in [1.165, 1.54) is 12.8 Å². The Kier molecular flexibility index (Phi) is 3.58. The van der Waals surface area contributed by atoms with Crippen LogP contribution >= 0.6 is 0 Å². The minimum Gasteiger partial charge on any atom is -0.444 e. The quantitative estimate of drug-likeness (QED) is 0.722. The van der Waals surface area contributed by atoms with Crippen molar-refractivity contribution >= 4 is 6.09 Å². The molecule has 1 amide bonds. The molecule has 2 aliphatic rings. The van der Waals surface area contributed by atoms with E-state index in [-0.39, 0.29) is 17.6 Å². The molecule has 4 heteroatoms. The lowest BCUT2D eigenvalue weighted by Crippen LogP contribution is -2.47. The van der Waals surface area contributed by atoms with Gasteiger partial charge in [-0.25, -0.2) is 4.79 Å². The van der Waals surface area contributed by atoms with Gasteiger partial charge in [0.25, 0.3) is 0 Å². The standard InChI is InChI=1S/C14H26N2O2/c1-13(2,3)18-12(17)16-9-8-14(10-16)7-5-4-6-11(14)15/h11H,4-10,15H2,1-3H3. The summed E-state index contributed by atoms with van der Waals surface area (Å²) in [5, 5.41) is 0. The third-order valence-electron chi connectivity index (χ3n) is 4.26. The van der Waals surface area contributed by atoms with Gasteiger partial charge in [0.2, 0.25) is 0 Å². The Bertz CT molecular complexity index is 324. The van der Waals surface area contributed by atoms with Gasteiger partial charge in [-0.05, 0) is 40.0 Å². The van der Waals surface area contributed by atoms with Crippen LogP contribution in [0.4, 0.5) is 4.79 Å². The highest BCUT2D eigenvalue weighted by atomic mass is 16.6. The first-order valence-corrected chi connectivity index (χ1v) is 7.06. The molecule has 1 spiro atoms. The van der Waals surface area contributed by atoms with Crippen LogP contribution in [0.3, 0.4) is 0 Å². The van der Waals surface area contributed by atoms with Crippen molar-refractivity contribution in [1.29, 1.82) is 0 Å². The summed E-state index contributed by atoms with van der Waals surface area (Å²) < 4.78 is 5.44.